The van der Waals surface area contributed by atoms with Crippen molar-refractivity contribution < 1.29 is 14.3 Å². The van der Waals surface area contributed by atoms with Crippen LogP contribution in [0.4, 0.5) is 0 Å². The zero-order chi connectivity index (χ0) is 21.0. The van der Waals surface area contributed by atoms with Gasteiger partial charge in [0.05, 0.1) is 13.2 Å². The molecular weight excluding hydrogens is 366 g/mol. The van der Waals surface area contributed by atoms with Crippen LogP contribution in [0.5, 0.6) is 5.75 Å². The third-order valence-electron chi connectivity index (χ3n) is 5.80. The Hall–Kier alpha value is -2.60. The van der Waals surface area contributed by atoms with Crippen molar-refractivity contribution in [3.63, 3.8) is 0 Å². The third-order valence-corrected chi connectivity index (χ3v) is 5.80. The first-order chi connectivity index (χ1) is 13.9. The molecule has 0 unspecified atom stereocenters. The standard InChI is InChI=1S/C23H31N3O3/c1-15-21(17(3)27)16(2)25-22(15)23(28)24-14-20(26-12-6-5-7-13-26)18-8-10-19(29-4)11-9-18/h8-11,20,25H,5-7,12-14H2,1-4H3,(H,24,28)/t20-/m0/s1. The lowest BCUT2D eigenvalue weighted by Crippen LogP contribution is -2.40. The van der Waals surface area contributed by atoms with Gasteiger partial charge in [0.2, 0.25) is 0 Å². The number of aromatic amines is 1. The molecule has 0 saturated carbocycles. The normalized spacial score (nSPS) is 15.7. The van der Waals surface area contributed by atoms with Crippen molar-refractivity contribution >= 4 is 11.7 Å². The molecule has 6 nitrogen and oxygen atoms in total. The van der Waals surface area contributed by atoms with E-state index in [9.17, 15) is 9.59 Å². The number of aryl methyl sites for hydroxylation is 1. The van der Waals surface area contributed by atoms with E-state index in [1.807, 2.05) is 26.0 Å². The molecular formula is C23H31N3O3. The summed E-state index contributed by atoms with van der Waals surface area (Å²) >= 11 is 0. The van der Waals surface area contributed by atoms with Gasteiger partial charge in [-0.1, -0.05) is 18.6 Å². The van der Waals surface area contributed by atoms with E-state index in [0.29, 0.717) is 23.4 Å². The van der Waals surface area contributed by atoms with E-state index in [-0.39, 0.29) is 17.7 Å². The van der Waals surface area contributed by atoms with Crippen molar-refractivity contribution in [2.75, 3.05) is 26.7 Å². The van der Waals surface area contributed by atoms with E-state index in [1.165, 1.54) is 26.2 Å². The van der Waals surface area contributed by atoms with E-state index in [4.69, 9.17) is 4.74 Å². The van der Waals surface area contributed by atoms with Crippen LogP contribution < -0.4 is 10.1 Å². The van der Waals surface area contributed by atoms with Crippen LogP contribution in [0.3, 0.4) is 0 Å². The molecule has 3 rings (SSSR count). The number of amides is 1. The number of nitrogens with one attached hydrogen (secondary N) is 2. The largest absolute Gasteiger partial charge is 0.497 e. The molecule has 156 valence electrons. The Kier molecular flexibility index (Phi) is 6.75. The molecule has 2 N–H and O–H groups in total. The van der Waals surface area contributed by atoms with Crippen molar-refractivity contribution in [3.8, 4) is 5.75 Å². The Balaban J connectivity index is 1.78. The quantitative estimate of drug-likeness (QED) is 0.697. The minimum absolute atomic E-state index is 0.0280. The van der Waals surface area contributed by atoms with Gasteiger partial charge in [-0.25, -0.2) is 0 Å². The molecule has 2 heterocycles. The molecule has 0 radical (unpaired) electrons. The fourth-order valence-corrected chi connectivity index (χ4v) is 4.30. The second-order valence-electron chi connectivity index (χ2n) is 7.78. The number of likely N-dealkylation sites (tertiary alicyclic amines) is 1. The number of rotatable bonds is 7. The first-order valence-electron chi connectivity index (χ1n) is 10.3. The van der Waals surface area contributed by atoms with Gasteiger partial charge in [0, 0.05) is 17.8 Å². The molecule has 1 aromatic carbocycles. The number of methoxy groups -OCH3 is 1. The minimum Gasteiger partial charge on any atom is -0.497 e. The van der Waals surface area contributed by atoms with Gasteiger partial charge in [-0.2, -0.15) is 0 Å². The van der Waals surface area contributed by atoms with Crippen LogP contribution in [0.15, 0.2) is 24.3 Å². The predicted octanol–water partition coefficient (Wildman–Crippen LogP) is 3.80. The number of ketones is 1. The van der Waals surface area contributed by atoms with Crippen molar-refractivity contribution in [3.05, 3.63) is 52.3 Å². The Labute approximate surface area is 172 Å². The van der Waals surface area contributed by atoms with Crippen molar-refractivity contribution in [1.29, 1.82) is 0 Å². The number of aromatic nitrogens is 1. The number of hydrogen-bond acceptors (Lipinski definition) is 4. The second-order valence-corrected chi connectivity index (χ2v) is 7.78. The number of nitrogens with zero attached hydrogens (tertiary/aromatic N) is 1. The summed E-state index contributed by atoms with van der Waals surface area (Å²) in [6, 6.07) is 8.18. The number of benzene rings is 1. The van der Waals surface area contributed by atoms with Gasteiger partial charge >= 0.3 is 0 Å². The highest BCUT2D eigenvalue weighted by Gasteiger charge is 2.25. The lowest BCUT2D eigenvalue weighted by Gasteiger charge is -2.35. The lowest BCUT2D eigenvalue weighted by molar-refractivity contribution is 0.0919. The lowest BCUT2D eigenvalue weighted by atomic mass is 10.0. The number of piperidine rings is 1. The van der Waals surface area contributed by atoms with Crippen LogP contribution in [-0.4, -0.2) is 48.3 Å². The Bertz CT molecular complexity index is 864. The number of carbonyl (C=O) groups excluding carboxylic acids is 2. The highest BCUT2D eigenvalue weighted by Crippen LogP contribution is 2.26. The van der Waals surface area contributed by atoms with Gasteiger partial charge in [-0.05, 0) is 70.0 Å². The summed E-state index contributed by atoms with van der Waals surface area (Å²) in [5, 5.41) is 3.09. The van der Waals surface area contributed by atoms with E-state index in [0.717, 1.165) is 30.1 Å². The van der Waals surface area contributed by atoms with Gasteiger partial charge in [0.1, 0.15) is 11.4 Å². The molecule has 2 aromatic rings. The average molecular weight is 398 g/mol. The highest BCUT2D eigenvalue weighted by molar-refractivity contribution is 6.02. The second kappa shape index (κ2) is 9.27. The molecule has 6 heteroatoms. The molecule has 0 aliphatic carbocycles. The monoisotopic (exact) mass is 397 g/mol. The van der Waals surface area contributed by atoms with Gasteiger partial charge < -0.3 is 15.0 Å². The molecule has 1 aliphatic rings. The number of H-pyrrole nitrogens is 1. The third kappa shape index (κ3) is 4.70. The van der Waals surface area contributed by atoms with E-state index >= 15 is 0 Å². The first-order valence-corrected chi connectivity index (χ1v) is 10.3. The molecule has 1 atom stereocenters. The fourth-order valence-electron chi connectivity index (χ4n) is 4.30. The van der Waals surface area contributed by atoms with Gasteiger partial charge in [0.15, 0.2) is 5.78 Å². The van der Waals surface area contributed by atoms with Gasteiger partial charge in [-0.15, -0.1) is 0 Å². The Morgan fingerprint density at radius 2 is 1.79 bits per heavy atom. The van der Waals surface area contributed by atoms with Crippen molar-refractivity contribution in [2.24, 2.45) is 0 Å². The van der Waals surface area contributed by atoms with Crippen LogP contribution in [0, 0.1) is 13.8 Å². The molecule has 0 bridgehead atoms. The first kappa shape index (κ1) is 21.1. The number of carbonyl (C=O) groups is 2. The number of ether oxygens (including phenoxy) is 1. The molecule has 29 heavy (non-hydrogen) atoms. The summed E-state index contributed by atoms with van der Waals surface area (Å²) in [5.41, 5.74) is 3.70. The van der Waals surface area contributed by atoms with Crippen LogP contribution in [0.25, 0.3) is 0 Å². The van der Waals surface area contributed by atoms with Crippen LogP contribution in [-0.2, 0) is 0 Å². The minimum atomic E-state index is -0.173. The Morgan fingerprint density at radius 1 is 1.14 bits per heavy atom. The highest BCUT2D eigenvalue weighted by atomic mass is 16.5. The molecule has 1 fully saturated rings. The summed E-state index contributed by atoms with van der Waals surface area (Å²) in [7, 11) is 1.66. The van der Waals surface area contributed by atoms with Crippen molar-refractivity contribution in [1.82, 2.24) is 15.2 Å². The molecule has 0 spiro atoms. The maximum atomic E-state index is 12.9. The van der Waals surface area contributed by atoms with Crippen LogP contribution in [0.2, 0.25) is 0 Å². The van der Waals surface area contributed by atoms with Gasteiger partial charge in [-0.3, -0.25) is 14.5 Å². The predicted molar refractivity (Wildman–Crippen MR) is 114 cm³/mol. The van der Waals surface area contributed by atoms with Crippen molar-refractivity contribution in [2.45, 2.75) is 46.1 Å². The molecule has 1 aliphatic heterocycles. The van der Waals surface area contributed by atoms with E-state index in [2.05, 4.69) is 27.3 Å². The summed E-state index contributed by atoms with van der Waals surface area (Å²) in [6.45, 7) is 7.75. The van der Waals surface area contributed by atoms with Crippen LogP contribution >= 0.6 is 0 Å². The molecule has 1 saturated heterocycles. The SMILES string of the molecule is COc1ccc([C@H](CNC(=O)c2[nH]c(C)c(C(C)=O)c2C)N2CCCCC2)cc1. The Morgan fingerprint density at radius 3 is 2.34 bits per heavy atom. The summed E-state index contributed by atoms with van der Waals surface area (Å²) in [6.07, 6.45) is 3.61. The zero-order valence-corrected chi connectivity index (χ0v) is 17.8. The number of hydrogen-bond donors (Lipinski definition) is 2. The van der Waals surface area contributed by atoms with Gasteiger partial charge in [0.25, 0.3) is 5.91 Å². The maximum Gasteiger partial charge on any atom is 0.268 e. The fraction of sp³-hybridized carbons (Fsp3) is 0.478. The smallest absolute Gasteiger partial charge is 0.268 e. The van der Waals surface area contributed by atoms with E-state index in [1.54, 1.807) is 7.11 Å². The van der Waals surface area contributed by atoms with Crippen LogP contribution in [0.1, 0.15) is 69.9 Å². The summed E-state index contributed by atoms with van der Waals surface area (Å²) < 4.78 is 5.28. The summed E-state index contributed by atoms with van der Waals surface area (Å²) in [5.74, 6) is 0.623. The molecule has 1 amide bonds. The number of Topliss-reactive ketones (excluding diaryl/α,β-unsaturated/α-hetero) is 1. The maximum absolute atomic E-state index is 12.9. The average Bonchev–Trinajstić information content (AvgIpc) is 3.03. The topological polar surface area (TPSA) is 74.4 Å². The summed E-state index contributed by atoms with van der Waals surface area (Å²) in [4.78, 5) is 30.3. The zero-order valence-electron chi connectivity index (χ0n) is 17.8. The van der Waals surface area contributed by atoms with E-state index < -0.39 is 0 Å². The molecule has 1 aromatic heterocycles.